The minimum Gasteiger partial charge on any atom is -0.405 e. The Morgan fingerprint density at radius 2 is 1.97 bits per heavy atom. The molecule has 166 valence electrons. The summed E-state index contributed by atoms with van der Waals surface area (Å²) in [6, 6.07) is 12.8. The predicted octanol–water partition coefficient (Wildman–Crippen LogP) is 3.01. The maximum Gasteiger partial charge on any atom is 0.272 e. The Morgan fingerprint density at radius 3 is 2.73 bits per heavy atom. The third kappa shape index (κ3) is 4.67. The van der Waals surface area contributed by atoms with Crippen molar-refractivity contribution in [3.8, 4) is 10.6 Å². The summed E-state index contributed by atoms with van der Waals surface area (Å²) in [4.78, 5) is 15.6. The molecule has 0 radical (unpaired) electrons. The summed E-state index contributed by atoms with van der Waals surface area (Å²) < 4.78 is 0. The van der Waals surface area contributed by atoms with E-state index in [2.05, 4.69) is 25.8 Å². The number of H-pyrrole nitrogens is 1. The van der Waals surface area contributed by atoms with Gasteiger partial charge in [-0.15, -0.1) is 10.2 Å². The van der Waals surface area contributed by atoms with Gasteiger partial charge in [0.25, 0.3) is 5.91 Å². The van der Waals surface area contributed by atoms with Crippen LogP contribution in [0.3, 0.4) is 0 Å². The average molecular weight is 460 g/mol. The van der Waals surface area contributed by atoms with Gasteiger partial charge in [-0.3, -0.25) is 4.79 Å². The van der Waals surface area contributed by atoms with Crippen LogP contribution in [0.4, 0.5) is 16.5 Å². The third-order valence-electron chi connectivity index (χ3n) is 4.75. The van der Waals surface area contributed by atoms with E-state index in [0.717, 1.165) is 22.2 Å². The first-order valence-corrected chi connectivity index (χ1v) is 10.6. The van der Waals surface area contributed by atoms with Gasteiger partial charge in [0.2, 0.25) is 5.13 Å². The van der Waals surface area contributed by atoms with Gasteiger partial charge < -0.3 is 38.2 Å². The topological polar surface area (TPSA) is 185 Å². The fraction of sp³-hybridized carbons (Fsp3) is 0. The van der Waals surface area contributed by atoms with E-state index in [1.165, 1.54) is 36.0 Å². The molecule has 0 aliphatic heterocycles. The molecule has 0 aliphatic carbocycles. The summed E-state index contributed by atoms with van der Waals surface area (Å²) in [5, 5.41) is 23.9. The molecule has 2 aromatic heterocycles. The van der Waals surface area contributed by atoms with Crippen molar-refractivity contribution >= 4 is 50.9 Å². The summed E-state index contributed by atoms with van der Waals surface area (Å²) in [6.07, 6.45) is 5.26. The SMILES string of the molecule is N=Cc1cc(Nc2nnc(-c3ccc4cc(C(=O)NC(/C=C\N)=C/N)[nH]c4c3)s2)ccc1N. The van der Waals surface area contributed by atoms with Crippen LogP contribution in [-0.2, 0) is 0 Å². The molecule has 0 saturated heterocycles. The van der Waals surface area contributed by atoms with E-state index < -0.39 is 0 Å². The summed E-state index contributed by atoms with van der Waals surface area (Å²) in [7, 11) is 0. The van der Waals surface area contributed by atoms with Crippen LogP contribution >= 0.6 is 11.3 Å². The highest BCUT2D eigenvalue weighted by Crippen LogP contribution is 2.31. The lowest BCUT2D eigenvalue weighted by Gasteiger charge is -2.05. The van der Waals surface area contributed by atoms with Crippen LogP contribution in [0.15, 0.2) is 66.6 Å². The first-order valence-electron chi connectivity index (χ1n) is 9.76. The monoisotopic (exact) mass is 459 g/mol. The first-order chi connectivity index (χ1) is 16.0. The smallest absolute Gasteiger partial charge is 0.272 e. The maximum atomic E-state index is 12.5. The molecule has 10 N–H and O–H groups in total. The number of anilines is 3. The number of hydrogen-bond donors (Lipinski definition) is 7. The van der Waals surface area contributed by atoms with Crippen LogP contribution < -0.4 is 27.8 Å². The second kappa shape index (κ2) is 9.24. The highest BCUT2D eigenvalue weighted by Gasteiger charge is 2.13. The van der Waals surface area contributed by atoms with Crippen molar-refractivity contribution in [2.75, 3.05) is 11.1 Å². The Kier molecular flexibility index (Phi) is 6.04. The molecule has 33 heavy (non-hydrogen) atoms. The molecule has 0 spiro atoms. The summed E-state index contributed by atoms with van der Waals surface area (Å²) in [5.41, 5.74) is 21.0. The van der Waals surface area contributed by atoms with E-state index in [-0.39, 0.29) is 5.91 Å². The zero-order chi connectivity index (χ0) is 23.4. The normalized spacial score (nSPS) is 11.7. The van der Waals surface area contributed by atoms with Crippen LogP contribution in [0.2, 0.25) is 0 Å². The average Bonchev–Trinajstić information content (AvgIpc) is 3.46. The molecule has 4 aromatic rings. The zero-order valence-corrected chi connectivity index (χ0v) is 18.1. The number of nitrogen functional groups attached to an aromatic ring is 1. The number of aromatic amines is 1. The molecule has 2 heterocycles. The molecule has 0 unspecified atom stereocenters. The molecule has 0 aliphatic rings. The number of fused-ring (bicyclic) bond motifs is 1. The largest absolute Gasteiger partial charge is 0.405 e. The lowest BCUT2D eigenvalue weighted by atomic mass is 10.2. The molecule has 11 heteroatoms. The van der Waals surface area contributed by atoms with Crippen molar-refractivity contribution in [2.24, 2.45) is 11.5 Å². The number of hydrogen-bond acceptors (Lipinski definition) is 9. The second-order valence-corrected chi connectivity index (χ2v) is 7.92. The summed E-state index contributed by atoms with van der Waals surface area (Å²) >= 11 is 1.38. The fourth-order valence-electron chi connectivity index (χ4n) is 3.11. The van der Waals surface area contributed by atoms with Crippen LogP contribution in [0.1, 0.15) is 16.1 Å². The molecule has 0 fully saturated rings. The lowest BCUT2D eigenvalue weighted by Crippen LogP contribution is -2.23. The highest BCUT2D eigenvalue weighted by atomic mass is 32.1. The number of rotatable bonds is 7. The number of amides is 1. The van der Waals surface area contributed by atoms with Crippen molar-refractivity contribution in [3.63, 3.8) is 0 Å². The minimum absolute atomic E-state index is 0.335. The standard InChI is InChI=1S/C22H21N9OS/c23-6-5-16(11-25)27-20(32)19-8-12-1-2-13(9-18(12)29-19)21-30-31-22(33-21)28-15-3-4-17(26)14(7-15)10-24/h1-11,24,29H,23,25-26H2,(H,27,32)(H,28,31)/b6-5-,16-11+,24-10?. The van der Waals surface area contributed by atoms with Crippen LogP contribution in [-0.4, -0.2) is 27.3 Å². The molecular formula is C22H21N9OS. The number of aromatic nitrogens is 3. The minimum atomic E-state index is -0.335. The van der Waals surface area contributed by atoms with Crippen molar-refractivity contribution < 1.29 is 4.79 Å². The zero-order valence-electron chi connectivity index (χ0n) is 17.3. The number of nitrogens with two attached hydrogens (primary N) is 3. The fourth-order valence-corrected chi connectivity index (χ4v) is 3.87. The van der Waals surface area contributed by atoms with Gasteiger partial charge in [0.15, 0.2) is 0 Å². The second-order valence-electron chi connectivity index (χ2n) is 6.95. The quantitative estimate of drug-likeness (QED) is 0.126. The van der Waals surface area contributed by atoms with Gasteiger partial charge in [0, 0.05) is 45.8 Å². The molecule has 0 saturated carbocycles. The van der Waals surface area contributed by atoms with E-state index in [9.17, 15) is 4.79 Å². The van der Waals surface area contributed by atoms with Crippen molar-refractivity contribution in [1.29, 1.82) is 5.41 Å². The molecule has 0 atom stereocenters. The van der Waals surface area contributed by atoms with Crippen LogP contribution in [0, 0.1) is 5.41 Å². The highest BCUT2D eigenvalue weighted by molar-refractivity contribution is 7.18. The maximum absolute atomic E-state index is 12.5. The van der Waals surface area contributed by atoms with Gasteiger partial charge in [0.1, 0.15) is 10.7 Å². The van der Waals surface area contributed by atoms with E-state index >= 15 is 0 Å². The van der Waals surface area contributed by atoms with Gasteiger partial charge in [-0.05, 0) is 42.6 Å². The lowest BCUT2D eigenvalue weighted by molar-refractivity contribution is 0.0963. The number of nitrogens with one attached hydrogen (secondary N) is 4. The summed E-state index contributed by atoms with van der Waals surface area (Å²) in [6.45, 7) is 0. The van der Waals surface area contributed by atoms with Gasteiger partial charge in [-0.2, -0.15) is 0 Å². The third-order valence-corrected chi connectivity index (χ3v) is 5.63. The molecule has 4 rings (SSSR count). The number of carbonyl (C=O) groups is 1. The molecular weight excluding hydrogens is 438 g/mol. The van der Waals surface area contributed by atoms with Crippen molar-refractivity contribution in [3.05, 3.63) is 77.9 Å². The molecule has 2 aromatic carbocycles. The Labute approximate surface area is 192 Å². The first kappa shape index (κ1) is 21.6. The van der Waals surface area contributed by atoms with Crippen molar-refractivity contribution in [2.45, 2.75) is 0 Å². The number of benzene rings is 2. The van der Waals surface area contributed by atoms with Gasteiger partial charge in [-0.25, -0.2) is 0 Å². The Bertz CT molecular complexity index is 1400. The van der Waals surface area contributed by atoms with Gasteiger partial charge in [-0.1, -0.05) is 23.5 Å². The predicted molar refractivity (Wildman–Crippen MR) is 132 cm³/mol. The molecule has 10 nitrogen and oxygen atoms in total. The number of allylic oxidation sites excluding steroid dienone is 1. The van der Waals surface area contributed by atoms with Gasteiger partial charge in [0.05, 0.1) is 5.70 Å². The van der Waals surface area contributed by atoms with Crippen LogP contribution in [0.25, 0.3) is 21.5 Å². The van der Waals surface area contributed by atoms with Gasteiger partial charge >= 0.3 is 0 Å². The Morgan fingerprint density at radius 1 is 1.12 bits per heavy atom. The van der Waals surface area contributed by atoms with Crippen LogP contribution in [0.5, 0.6) is 0 Å². The Balaban J connectivity index is 1.54. The molecule has 0 bridgehead atoms. The van der Waals surface area contributed by atoms with E-state index in [0.29, 0.717) is 32.8 Å². The van der Waals surface area contributed by atoms with E-state index in [1.807, 2.05) is 24.3 Å². The molecule has 1 amide bonds. The van der Waals surface area contributed by atoms with E-state index in [4.69, 9.17) is 22.6 Å². The van der Waals surface area contributed by atoms with E-state index in [1.54, 1.807) is 18.2 Å². The Hall–Kier alpha value is -4.64. The summed E-state index contributed by atoms with van der Waals surface area (Å²) in [5.74, 6) is -0.335. The number of carbonyl (C=O) groups excluding carboxylic acids is 1. The number of nitrogens with zero attached hydrogens (tertiary/aromatic N) is 2. The van der Waals surface area contributed by atoms with Crippen molar-refractivity contribution in [1.82, 2.24) is 20.5 Å².